The van der Waals surface area contributed by atoms with Crippen molar-refractivity contribution in [2.24, 2.45) is 0 Å². The van der Waals surface area contributed by atoms with E-state index in [4.69, 9.17) is 4.52 Å². The Bertz CT molecular complexity index is 1350. The standard InChI is InChI=1S/C22H24N6O3S/c1-14-7-10-18(11-8-14)32(29,30)26-15(2)22-23-21(25-31-22)16-9-12-20-19(13-16)24-27-28(20)17-5-3-4-6-17/h7-13,15,17,26H,3-6H2,1-2H3/t15-/m1/s1. The molecule has 0 amide bonds. The largest absolute Gasteiger partial charge is 0.337 e. The van der Waals surface area contributed by atoms with Crippen LogP contribution in [0.3, 0.4) is 0 Å². The van der Waals surface area contributed by atoms with Crippen molar-refractivity contribution >= 4 is 21.1 Å². The summed E-state index contributed by atoms with van der Waals surface area (Å²) in [5.41, 5.74) is 3.48. The molecule has 0 unspecified atom stereocenters. The van der Waals surface area contributed by atoms with E-state index in [0.717, 1.165) is 35.0 Å². The number of sulfonamides is 1. The number of rotatable bonds is 6. The van der Waals surface area contributed by atoms with E-state index in [-0.39, 0.29) is 10.8 Å². The minimum Gasteiger partial charge on any atom is -0.337 e. The van der Waals surface area contributed by atoms with Crippen molar-refractivity contribution in [2.75, 3.05) is 0 Å². The maximum absolute atomic E-state index is 12.6. The molecule has 2 aromatic heterocycles. The van der Waals surface area contributed by atoms with Gasteiger partial charge >= 0.3 is 0 Å². The number of fused-ring (bicyclic) bond motifs is 1. The molecule has 2 aromatic carbocycles. The molecule has 10 heteroatoms. The minimum atomic E-state index is -3.71. The van der Waals surface area contributed by atoms with E-state index in [1.54, 1.807) is 31.2 Å². The number of benzene rings is 2. The van der Waals surface area contributed by atoms with Crippen molar-refractivity contribution in [3.05, 3.63) is 53.9 Å². The van der Waals surface area contributed by atoms with Crippen molar-refractivity contribution in [2.45, 2.75) is 56.5 Å². The van der Waals surface area contributed by atoms with Crippen molar-refractivity contribution in [1.29, 1.82) is 0 Å². The fraction of sp³-hybridized carbons (Fsp3) is 0.364. The Morgan fingerprint density at radius 2 is 1.88 bits per heavy atom. The Morgan fingerprint density at radius 1 is 1.12 bits per heavy atom. The van der Waals surface area contributed by atoms with Gasteiger partial charge in [-0.05, 0) is 57.0 Å². The van der Waals surface area contributed by atoms with Crippen LogP contribution in [0, 0.1) is 6.92 Å². The van der Waals surface area contributed by atoms with Crippen molar-refractivity contribution < 1.29 is 12.9 Å². The monoisotopic (exact) mass is 452 g/mol. The highest BCUT2D eigenvalue weighted by atomic mass is 32.2. The van der Waals surface area contributed by atoms with E-state index in [9.17, 15) is 8.42 Å². The summed E-state index contributed by atoms with van der Waals surface area (Å²) in [6.07, 6.45) is 4.71. The Hall–Kier alpha value is -3.11. The van der Waals surface area contributed by atoms with E-state index in [0.29, 0.717) is 11.9 Å². The summed E-state index contributed by atoms with van der Waals surface area (Å²) in [6.45, 7) is 3.57. The van der Waals surface area contributed by atoms with Crippen LogP contribution in [0.2, 0.25) is 0 Å². The number of nitrogens with zero attached hydrogens (tertiary/aromatic N) is 5. The Labute approximate surface area is 185 Å². The molecule has 32 heavy (non-hydrogen) atoms. The van der Waals surface area contributed by atoms with Crippen LogP contribution < -0.4 is 4.72 Å². The molecule has 0 saturated heterocycles. The van der Waals surface area contributed by atoms with E-state index in [1.165, 1.54) is 12.8 Å². The highest BCUT2D eigenvalue weighted by Crippen LogP contribution is 2.32. The highest BCUT2D eigenvalue weighted by molar-refractivity contribution is 7.89. The minimum absolute atomic E-state index is 0.186. The molecule has 166 valence electrons. The van der Waals surface area contributed by atoms with Gasteiger partial charge in [0.25, 0.3) is 0 Å². The first-order chi connectivity index (χ1) is 15.4. The molecule has 1 aliphatic rings. The van der Waals surface area contributed by atoms with Crippen LogP contribution in [-0.2, 0) is 10.0 Å². The Kier molecular flexibility index (Phi) is 5.26. The second-order valence-electron chi connectivity index (χ2n) is 8.29. The topological polar surface area (TPSA) is 116 Å². The number of aromatic nitrogens is 5. The third-order valence-corrected chi connectivity index (χ3v) is 7.43. The fourth-order valence-corrected chi connectivity index (χ4v) is 5.29. The lowest BCUT2D eigenvalue weighted by molar-refractivity contribution is 0.354. The van der Waals surface area contributed by atoms with Crippen LogP contribution >= 0.6 is 0 Å². The number of hydrogen-bond donors (Lipinski definition) is 1. The molecule has 0 radical (unpaired) electrons. The second-order valence-corrected chi connectivity index (χ2v) is 10.0. The Balaban J connectivity index is 1.36. The molecular weight excluding hydrogens is 428 g/mol. The number of hydrogen-bond acceptors (Lipinski definition) is 7. The van der Waals surface area contributed by atoms with Gasteiger partial charge in [-0.2, -0.15) is 9.71 Å². The summed E-state index contributed by atoms with van der Waals surface area (Å²) in [7, 11) is -3.71. The summed E-state index contributed by atoms with van der Waals surface area (Å²) >= 11 is 0. The number of aryl methyl sites for hydroxylation is 1. The van der Waals surface area contributed by atoms with Gasteiger partial charge in [-0.1, -0.05) is 40.9 Å². The fourth-order valence-electron chi connectivity index (χ4n) is 4.10. The molecule has 9 nitrogen and oxygen atoms in total. The quantitative estimate of drug-likeness (QED) is 0.471. The summed E-state index contributed by atoms with van der Waals surface area (Å²) in [4.78, 5) is 4.59. The molecule has 1 aliphatic carbocycles. The molecule has 4 aromatic rings. The summed E-state index contributed by atoms with van der Waals surface area (Å²) in [6, 6.07) is 12.1. The second kappa shape index (κ2) is 8.10. The van der Waals surface area contributed by atoms with Crippen LogP contribution in [0.4, 0.5) is 0 Å². The van der Waals surface area contributed by atoms with Gasteiger partial charge < -0.3 is 4.52 Å². The van der Waals surface area contributed by atoms with E-state index < -0.39 is 16.1 Å². The molecular formula is C22H24N6O3S. The van der Waals surface area contributed by atoms with Gasteiger partial charge in [0.15, 0.2) is 0 Å². The van der Waals surface area contributed by atoms with Gasteiger partial charge in [-0.3, -0.25) is 0 Å². The van der Waals surface area contributed by atoms with Crippen LogP contribution in [-0.4, -0.2) is 33.6 Å². The molecule has 0 bridgehead atoms. The van der Waals surface area contributed by atoms with Crippen molar-refractivity contribution in [3.63, 3.8) is 0 Å². The highest BCUT2D eigenvalue weighted by Gasteiger charge is 2.24. The van der Waals surface area contributed by atoms with Gasteiger partial charge in [0, 0.05) is 5.56 Å². The lowest BCUT2D eigenvalue weighted by Crippen LogP contribution is -2.27. The van der Waals surface area contributed by atoms with Gasteiger partial charge in [0.05, 0.1) is 22.5 Å². The third kappa shape index (κ3) is 3.91. The van der Waals surface area contributed by atoms with E-state index in [1.807, 2.05) is 29.8 Å². The van der Waals surface area contributed by atoms with E-state index >= 15 is 0 Å². The van der Waals surface area contributed by atoms with Gasteiger partial charge in [0.2, 0.25) is 21.7 Å². The zero-order valence-electron chi connectivity index (χ0n) is 17.9. The zero-order valence-corrected chi connectivity index (χ0v) is 18.7. The SMILES string of the molecule is Cc1ccc(S(=O)(=O)N[C@H](C)c2nc(-c3ccc4c(c3)nnn4C3CCCC3)no2)cc1. The predicted molar refractivity (Wildman–Crippen MR) is 118 cm³/mol. The third-order valence-electron chi connectivity index (χ3n) is 5.88. The van der Waals surface area contributed by atoms with Gasteiger partial charge in [0.1, 0.15) is 5.52 Å². The predicted octanol–water partition coefficient (Wildman–Crippen LogP) is 3.94. The van der Waals surface area contributed by atoms with Crippen LogP contribution in [0.15, 0.2) is 51.9 Å². The summed E-state index contributed by atoms with van der Waals surface area (Å²) in [5, 5.41) is 12.7. The smallest absolute Gasteiger partial charge is 0.244 e. The lowest BCUT2D eigenvalue weighted by atomic mass is 10.1. The maximum Gasteiger partial charge on any atom is 0.244 e. The molecule has 0 spiro atoms. The van der Waals surface area contributed by atoms with Crippen molar-refractivity contribution in [3.8, 4) is 11.4 Å². The molecule has 1 N–H and O–H groups in total. The summed E-state index contributed by atoms with van der Waals surface area (Å²) < 4.78 is 35.2. The molecule has 1 atom stereocenters. The normalized spacial score (nSPS) is 16.1. The average Bonchev–Trinajstić information content (AvgIpc) is 3.53. The van der Waals surface area contributed by atoms with Crippen LogP contribution in [0.1, 0.15) is 56.1 Å². The Morgan fingerprint density at radius 3 is 2.62 bits per heavy atom. The lowest BCUT2D eigenvalue weighted by Gasteiger charge is -2.10. The van der Waals surface area contributed by atoms with Gasteiger partial charge in [-0.25, -0.2) is 13.1 Å². The van der Waals surface area contributed by atoms with Crippen LogP contribution in [0.25, 0.3) is 22.4 Å². The summed E-state index contributed by atoms with van der Waals surface area (Å²) in [5.74, 6) is 0.559. The van der Waals surface area contributed by atoms with Crippen molar-refractivity contribution in [1.82, 2.24) is 29.9 Å². The molecule has 5 rings (SSSR count). The molecule has 2 heterocycles. The van der Waals surface area contributed by atoms with Gasteiger partial charge in [-0.15, -0.1) is 5.10 Å². The zero-order chi connectivity index (χ0) is 22.3. The molecule has 1 fully saturated rings. The van der Waals surface area contributed by atoms with Crippen LogP contribution in [0.5, 0.6) is 0 Å². The first-order valence-electron chi connectivity index (χ1n) is 10.7. The maximum atomic E-state index is 12.6. The molecule has 0 aliphatic heterocycles. The van der Waals surface area contributed by atoms with E-state index in [2.05, 4.69) is 25.2 Å². The first-order valence-corrected chi connectivity index (χ1v) is 12.2. The first kappa shape index (κ1) is 20.8. The molecule has 1 saturated carbocycles. The number of nitrogens with one attached hydrogen (secondary N) is 1. The average molecular weight is 453 g/mol.